The molecule has 1 atom stereocenters. The van der Waals surface area contributed by atoms with E-state index in [1.807, 2.05) is 49.4 Å². The van der Waals surface area contributed by atoms with Gasteiger partial charge in [-0.3, -0.25) is 4.98 Å². The molecule has 3 rings (SSSR count). The highest BCUT2D eigenvalue weighted by molar-refractivity contribution is 7.89. The predicted molar refractivity (Wildman–Crippen MR) is 154 cm³/mol. The Balaban J connectivity index is 0. The first kappa shape index (κ1) is 34.7. The summed E-state index contributed by atoms with van der Waals surface area (Å²) < 4.78 is 24.2. The van der Waals surface area contributed by atoms with Crippen LogP contribution in [0.15, 0.2) is 84.4 Å². The lowest BCUT2D eigenvalue weighted by atomic mass is 9.94. The molecular weight excluding hydrogens is 520 g/mol. The highest BCUT2D eigenvalue weighted by atomic mass is 32.2. The lowest BCUT2D eigenvalue weighted by Crippen LogP contribution is -2.13. The van der Waals surface area contributed by atoms with E-state index in [1.165, 1.54) is 6.07 Å². The molecule has 0 radical (unpaired) electrons. The minimum atomic E-state index is -3.87. The number of nitrogens with two attached hydrogens (primary N) is 3. The highest BCUT2D eigenvalue weighted by Crippen LogP contribution is 2.35. The standard InChI is InChI=1S/C21H20N2O2S.2CH3NOS.CH4.H2O/c1-3-15(2)17-13-19(18-11-7-8-12-20(18)26(22,24)25)21(23-14-17)16-9-5-4-6-10-16;2*2-1(3)4;;/h3-15H,1H2,2H3,(H2,22,24,25);2*(H3,2,3,4);1H4;1H2. The van der Waals surface area contributed by atoms with Crippen molar-refractivity contribution in [2.75, 3.05) is 0 Å². The second-order valence-corrected chi connectivity index (χ2v) is 9.14. The zero-order valence-electron chi connectivity index (χ0n) is 18.8. The molecule has 1 unspecified atom stereocenters. The Morgan fingerprint density at radius 1 is 1.00 bits per heavy atom. The van der Waals surface area contributed by atoms with Crippen molar-refractivity contribution in [3.8, 4) is 22.4 Å². The van der Waals surface area contributed by atoms with Gasteiger partial charge in [0.15, 0.2) is 0 Å². The third-order valence-corrected chi connectivity index (χ3v) is 5.29. The van der Waals surface area contributed by atoms with Crippen LogP contribution in [0.25, 0.3) is 22.4 Å². The molecule has 12 heteroatoms. The topological polar surface area (TPSA) is 197 Å². The summed E-state index contributed by atoms with van der Waals surface area (Å²) in [5.41, 5.74) is 12.6. The van der Waals surface area contributed by atoms with Gasteiger partial charge >= 0.3 is 0 Å². The number of hydrogen-bond donors (Lipinski definition) is 5. The molecule has 0 saturated carbocycles. The number of aliphatic hydroxyl groups is 2. The molecule has 0 aliphatic heterocycles. The molecule has 0 fully saturated rings. The molecule has 10 N–H and O–H groups in total. The molecule has 0 bridgehead atoms. The number of hydrogen-bond acceptors (Lipinski definition) is 5. The number of allylic oxidation sites excluding steroid dienone is 1. The van der Waals surface area contributed by atoms with Crippen LogP contribution in [0.4, 0.5) is 0 Å². The van der Waals surface area contributed by atoms with Gasteiger partial charge in [-0.15, -0.1) is 6.58 Å². The van der Waals surface area contributed by atoms with E-state index in [4.69, 9.17) is 15.4 Å². The highest BCUT2D eigenvalue weighted by Gasteiger charge is 2.19. The lowest BCUT2D eigenvalue weighted by molar-refractivity contribution is 0.559. The van der Waals surface area contributed by atoms with Crippen LogP contribution in [0.3, 0.4) is 0 Å². The summed E-state index contributed by atoms with van der Waals surface area (Å²) in [5, 5.41) is 19.6. The minimum absolute atomic E-state index is 0. The number of sulfonamides is 1. The second kappa shape index (κ2) is 16.3. The van der Waals surface area contributed by atoms with Crippen molar-refractivity contribution in [2.45, 2.75) is 25.2 Å². The van der Waals surface area contributed by atoms with Gasteiger partial charge in [-0.1, -0.05) is 69.0 Å². The number of aliphatic hydroxyl groups excluding tert-OH is 2. The summed E-state index contributed by atoms with van der Waals surface area (Å²) in [6.45, 7) is 5.85. The van der Waals surface area contributed by atoms with E-state index in [0.29, 0.717) is 11.3 Å². The molecule has 1 heterocycles. The summed E-state index contributed by atoms with van der Waals surface area (Å²) in [7, 11) is -3.87. The normalized spacial score (nSPS) is 10.4. The molecule has 196 valence electrons. The Labute approximate surface area is 222 Å². The van der Waals surface area contributed by atoms with E-state index >= 15 is 0 Å². The van der Waals surface area contributed by atoms with Crippen LogP contribution in [-0.4, -0.2) is 39.4 Å². The van der Waals surface area contributed by atoms with E-state index in [2.05, 4.69) is 47.5 Å². The Kier molecular flexibility index (Phi) is 15.7. The number of thiocarbonyl (C=S) groups is 2. The summed E-state index contributed by atoms with van der Waals surface area (Å²) in [6.07, 6.45) is 3.63. The van der Waals surface area contributed by atoms with Crippen molar-refractivity contribution in [1.82, 2.24) is 4.98 Å². The van der Waals surface area contributed by atoms with Crippen molar-refractivity contribution in [1.29, 1.82) is 0 Å². The van der Waals surface area contributed by atoms with E-state index in [0.717, 1.165) is 16.7 Å². The number of nitrogens with zero attached hydrogens (tertiary/aromatic N) is 1. The van der Waals surface area contributed by atoms with Gasteiger partial charge in [0.25, 0.3) is 10.3 Å². The van der Waals surface area contributed by atoms with Crippen molar-refractivity contribution in [2.24, 2.45) is 16.6 Å². The first-order valence-electron chi connectivity index (χ1n) is 9.65. The molecule has 3 aromatic rings. The van der Waals surface area contributed by atoms with Gasteiger partial charge in [-0.2, -0.15) is 0 Å². The van der Waals surface area contributed by atoms with Crippen LogP contribution >= 0.6 is 24.4 Å². The summed E-state index contributed by atoms with van der Waals surface area (Å²) >= 11 is 7.74. The third-order valence-electron chi connectivity index (χ3n) is 4.32. The van der Waals surface area contributed by atoms with Crippen LogP contribution in [0.5, 0.6) is 0 Å². The Hall–Kier alpha value is -3.42. The maximum atomic E-state index is 12.1. The second-order valence-electron chi connectivity index (χ2n) is 6.77. The van der Waals surface area contributed by atoms with Crippen LogP contribution in [0.1, 0.15) is 25.8 Å². The fourth-order valence-electron chi connectivity index (χ4n) is 2.83. The smallest absolute Gasteiger partial charge is 0.251 e. The summed E-state index contributed by atoms with van der Waals surface area (Å²) in [5.74, 6) is 0.0905. The van der Waals surface area contributed by atoms with Gasteiger partial charge in [0.2, 0.25) is 10.0 Å². The van der Waals surface area contributed by atoms with Crippen molar-refractivity contribution in [3.63, 3.8) is 0 Å². The average Bonchev–Trinajstić information content (AvgIpc) is 2.77. The molecule has 9 nitrogen and oxygen atoms in total. The van der Waals surface area contributed by atoms with Crippen LogP contribution in [0, 0.1) is 0 Å². The Bertz CT molecular complexity index is 1230. The molecule has 36 heavy (non-hydrogen) atoms. The predicted octanol–water partition coefficient (Wildman–Crippen LogP) is 3.74. The van der Waals surface area contributed by atoms with E-state index in [-0.39, 0.29) is 23.7 Å². The van der Waals surface area contributed by atoms with Crippen molar-refractivity contribution >= 4 is 44.8 Å². The molecule has 1 aromatic heterocycles. The molecule has 0 spiro atoms. The monoisotopic (exact) mass is 552 g/mol. The molecule has 2 aromatic carbocycles. The fourth-order valence-corrected chi connectivity index (χ4v) is 3.59. The number of pyridine rings is 1. The van der Waals surface area contributed by atoms with Gasteiger partial charge in [0, 0.05) is 28.8 Å². The zero-order valence-corrected chi connectivity index (χ0v) is 21.3. The fraction of sp³-hybridized carbons (Fsp3) is 0.125. The molecule has 0 aliphatic carbocycles. The SMILES string of the molecule is C.C=CC(C)c1cnc(-c2ccccc2)c(-c2ccccc2S(N)(=O)=O)c1.NC(O)=S.NC(O)=S.O. The van der Waals surface area contributed by atoms with Gasteiger partial charge < -0.3 is 27.2 Å². The molecule has 0 aliphatic rings. The lowest BCUT2D eigenvalue weighted by Gasteiger charge is -2.15. The van der Waals surface area contributed by atoms with E-state index in [9.17, 15) is 8.42 Å². The van der Waals surface area contributed by atoms with Gasteiger partial charge in [0.1, 0.15) is 0 Å². The molecular formula is C24H32N4O5S3. The van der Waals surface area contributed by atoms with E-state index < -0.39 is 20.4 Å². The van der Waals surface area contributed by atoms with Gasteiger partial charge in [-0.05, 0) is 42.1 Å². The van der Waals surface area contributed by atoms with Crippen LogP contribution < -0.4 is 16.6 Å². The van der Waals surface area contributed by atoms with Gasteiger partial charge in [0.05, 0.1) is 10.6 Å². The quantitative estimate of drug-likeness (QED) is 0.231. The Morgan fingerprint density at radius 2 is 1.47 bits per heavy atom. The molecule has 0 amide bonds. The number of primary sulfonamides is 1. The largest absolute Gasteiger partial charge is 0.487 e. The number of aromatic nitrogens is 1. The summed E-state index contributed by atoms with van der Waals surface area (Å²) in [4.78, 5) is 4.72. The molecule has 0 saturated heterocycles. The number of benzene rings is 2. The van der Waals surface area contributed by atoms with Crippen molar-refractivity contribution in [3.05, 3.63) is 85.1 Å². The van der Waals surface area contributed by atoms with Crippen LogP contribution in [-0.2, 0) is 10.0 Å². The van der Waals surface area contributed by atoms with E-state index in [1.54, 1.807) is 24.4 Å². The average molecular weight is 553 g/mol. The van der Waals surface area contributed by atoms with Crippen LogP contribution in [0.2, 0.25) is 0 Å². The summed E-state index contributed by atoms with van der Waals surface area (Å²) in [6, 6.07) is 18.4. The number of rotatable bonds is 5. The maximum absolute atomic E-state index is 12.1. The zero-order chi connectivity index (χ0) is 25.9. The maximum Gasteiger partial charge on any atom is 0.251 e. The van der Waals surface area contributed by atoms with Crippen molar-refractivity contribution < 1.29 is 24.1 Å². The minimum Gasteiger partial charge on any atom is -0.487 e. The first-order valence-corrected chi connectivity index (χ1v) is 12.0. The third kappa shape index (κ3) is 11.3. The van der Waals surface area contributed by atoms with Gasteiger partial charge in [-0.25, -0.2) is 13.6 Å². The Morgan fingerprint density at radius 3 is 1.94 bits per heavy atom. The first-order chi connectivity index (χ1) is 15.9.